The lowest BCUT2D eigenvalue weighted by atomic mass is 10.0. The van der Waals surface area contributed by atoms with E-state index in [1.54, 1.807) is 19.1 Å². The van der Waals surface area contributed by atoms with Crippen molar-refractivity contribution >= 4 is 11.8 Å². The number of hydrogen-bond donors (Lipinski definition) is 1. The van der Waals surface area contributed by atoms with Crippen LogP contribution in [0.4, 0.5) is 0 Å². The summed E-state index contributed by atoms with van der Waals surface area (Å²) in [5.41, 5.74) is 1.96. The highest BCUT2D eigenvalue weighted by atomic mass is 16.5. The number of hydrogen-bond acceptors (Lipinski definition) is 4. The molecule has 0 fully saturated rings. The fourth-order valence-corrected chi connectivity index (χ4v) is 3.33. The topological polar surface area (TPSA) is 67.9 Å². The van der Waals surface area contributed by atoms with Crippen molar-refractivity contribution in [2.75, 3.05) is 20.8 Å². The molecule has 1 atom stereocenters. The molecule has 0 radical (unpaired) electrons. The van der Waals surface area contributed by atoms with E-state index in [0.717, 1.165) is 16.9 Å². The number of carbonyl (C=O) groups excluding carboxylic acids is 2. The molecule has 0 heterocycles. The molecule has 2 rings (SSSR count). The summed E-state index contributed by atoms with van der Waals surface area (Å²) in [5, 5.41) is 2.66. The summed E-state index contributed by atoms with van der Waals surface area (Å²) in [7, 11) is 3.19. The highest BCUT2D eigenvalue weighted by Gasteiger charge is 2.28. The molecule has 0 bridgehead atoms. The van der Waals surface area contributed by atoms with Gasteiger partial charge >= 0.3 is 0 Å². The zero-order valence-corrected chi connectivity index (χ0v) is 18.5. The molecule has 0 unspecified atom stereocenters. The monoisotopic (exact) mass is 412 g/mol. The molecular weight excluding hydrogens is 380 g/mol. The maximum atomic E-state index is 13.1. The SMILES string of the molecule is CC[C@@H](C(=O)NC)N(Cc1ccc(OC)cc1)C(=O)COc1ccccc1C(C)C. The van der Waals surface area contributed by atoms with Gasteiger partial charge < -0.3 is 19.7 Å². The van der Waals surface area contributed by atoms with Crippen LogP contribution in [0.5, 0.6) is 11.5 Å². The molecule has 0 aliphatic carbocycles. The average Bonchev–Trinajstić information content (AvgIpc) is 2.77. The first kappa shape index (κ1) is 23.3. The molecule has 0 saturated carbocycles. The summed E-state index contributed by atoms with van der Waals surface area (Å²) in [6.45, 7) is 6.23. The first-order valence-electron chi connectivity index (χ1n) is 10.3. The molecule has 1 N–H and O–H groups in total. The summed E-state index contributed by atoms with van der Waals surface area (Å²) in [6.07, 6.45) is 0.504. The van der Waals surface area contributed by atoms with Crippen molar-refractivity contribution in [1.29, 1.82) is 0 Å². The fraction of sp³-hybridized carbons (Fsp3) is 0.417. The molecule has 2 aromatic carbocycles. The van der Waals surface area contributed by atoms with Gasteiger partial charge in [-0.05, 0) is 41.7 Å². The van der Waals surface area contributed by atoms with Gasteiger partial charge in [-0.2, -0.15) is 0 Å². The van der Waals surface area contributed by atoms with Gasteiger partial charge in [0.2, 0.25) is 5.91 Å². The van der Waals surface area contributed by atoms with Gasteiger partial charge in [-0.15, -0.1) is 0 Å². The van der Waals surface area contributed by atoms with Gasteiger partial charge in [0.25, 0.3) is 5.91 Å². The van der Waals surface area contributed by atoms with E-state index in [2.05, 4.69) is 19.2 Å². The maximum Gasteiger partial charge on any atom is 0.261 e. The van der Waals surface area contributed by atoms with Gasteiger partial charge in [-0.3, -0.25) is 9.59 Å². The second kappa shape index (κ2) is 11.2. The fourth-order valence-electron chi connectivity index (χ4n) is 3.33. The van der Waals surface area contributed by atoms with Gasteiger partial charge in [0.15, 0.2) is 6.61 Å². The Balaban J connectivity index is 2.22. The van der Waals surface area contributed by atoms with Crippen molar-refractivity contribution in [3.05, 3.63) is 59.7 Å². The minimum Gasteiger partial charge on any atom is -0.497 e. The molecule has 0 spiro atoms. The van der Waals surface area contributed by atoms with Gasteiger partial charge in [0.05, 0.1) is 7.11 Å². The van der Waals surface area contributed by atoms with E-state index in [-0.39, 0.29) is 24.3 Å². The minimum atomic E-state index is -0.575. The average molecular weight is 413 g/mol. The Kier molecular flexibility index (Phi) is 8.71. The van der Waals surface area contributed by atoms with Gasteiger partial charge in [0, 0.05) is 13.6 Å². The van der Waals surface area contributed by atoms with E-state index in [1.165, 1.54) is 0 Å². The maximum absolute atomic E-state index is 13.1. The third-order valence-corrected chi connectivity index (χ3v) is 5.04. The van der Waals surface area contributed by atoms with Gasteiger partial charge in [-0.25, -0.2) is 0 Å². The Bertz CT molecular complexity index is 833. The Morgan fingerprint density at radius 1 is 1.07 bits per heavy atom. The number of carbonyl (C=O) groups is 2. The lowest BCUT2D eigenvalue weighted by molar-refractivity contribution is -0.142. The number of nitrogens with zero attached hydrogens (tertiary/aromatic N) is 1. The predicted molar refractivity (Wildman–Crippen MR) is 118 cm³/mol. The van der Waals surface area contributed by atoms with Gasteiger partial charge in [-0.1, -0.05) is 51.1 Å². The number of benzene rings is 2. The first-order chi connectivity index (χ1) is 14.4. The van der Waals surface area contributed by atoms with Crippen LogP contribution in [0.1, 0.15) is 44.2 Å². The van der Waals surface area contributed by atoms with Crippen LogP contribution in [0.3, 0.4) is 0 Å². The second-order valence-electron chi connectivity index (χ2n) is 7.39. The summed E-state index contributed by atoms with van der Waals surface area (Å²) < 4.78 is 11.1. The summed E-state index contributed by atoms with van der Waals surface area (Å²) in [4.78, 5) is 27.2. The number of rotatable bonds is 10. The first-order valence-corrected chi connectivity index (χ1v) is 10.3. The van der Waals surface area contributed by atoms with Crippen LogP contribution in [-0.2, 0) is 16.1 Å². The van der Waals surface area contributed by atoms with Crippen molar-refractivity contribution in [2.24, 2.45) is 0 Å². The molecule has 0 aliphatic heterocycles. The quantitative estimate of drug-likeness (QED) is 0.645. The lowest BCUT2D eigenvalue weighted by Crippen LogP contribution is -2.49. The molecule has 6 heteroatoms. The number of nitrogens with one attached hydrogen (secondary N) is 1. The summed E-state index contributed by atoms with van der Waals surface area (Å²) >= 11 is 0. The molecule has 2 aromatic rings. The minimum absolute atomic E-state index is 0.132. The van der Waals surface area contributed by atoms with Crippen molar-refractivity contribution in [2.45, 2.75) is 45.7 Å². The van der Waals surface area contributed by atoms with E-state index in [9.17, 15) is 9.59 Å². The van der Waals surface area contributed by atoms with Crippen LogP contribution >= 0.6 is 0 Å². The highest BCUT2D eigenvalue weighted by Crippen LogP contribution is 2.26. The molecular formula is C24H32N2O4. The molecule has 30 heavy (non-hydrogen) atoms. The lowest BCUT2D eigenvalue weighted by Gasteiger charge is -2.30. The van der Waals surface area contributed by atoms with Crippen LogP contribution in [0.25, 0.3) is 0 Å². The number of likely N-dealkylation sites (N-methyl/N-ethyl adjacent to an activating group) is 1. The van der Waals surface area contributed by atoms with Crippen molar-refractivity contribution in [1.82, 2.24) is 10.2 Å². The van der Waals surface area contributed by atoms with E-state index in [0.29, 0.717) is 18.7 Å². The van der Waals surface area contributed by atoms with Crippen molar-refractivity contribution in [3.63, 3.8) is 0 Å². The molecule has 0 saturated heterocycles. The Morgan fingerprint density at radius 2 is 1.73 bits per heavy atom. The number of para-hydroxylation sites is 1. The van der Waals surface area contributed by atoms with Crippen molar-refractivity contribution in [3.8, 4) is 11.5 Å². The molecule has 6 nitrogen and oxygen atoms in total. The smallest absolute Gasteiger partial charge is 0.261 e. The predicted octanol–water partition coefficient (Wildman–Crippen LogP) is 3.75. The molecule has 2 amide bonds. The van der Waals surface area contributed by atoms with E-state index < -0.39 is 6.04 Å². The Morgan fingerprint density at radius 3 is 2.30 bits per heavy atom. The van der Waals surface area contributed by atoms with Crippen LogP contribution in [-0.4, -0.2) is 43.5 Å². The van der Waals surface area contributed by atoms with Gasteiger partial charge in [0.1, 0.15) is 17.5 Å². The van der Waals surface area contributed by atoms with Crippen LogP contribution in [0.15, 0.2) is 48.5 Å². The van der Waals surface area contributed by atoms with E-state index in [1.807, 2.05) is 55.5 Å². The van der Waals surface area contributed by atoms with Crippen LogP contribution in [0.2, 0.25) is 0 Å². The molecule has 0 aliphatic rings. The van der Waals surface area contributed by atoms with Crippen LogP contribution in [0, 0.1) is 0 Å². The normalized spacial score (nSPS) is 11.7. The second-order valence-corrected chi connectivity index (χ2v) is 7.39. The third-order valence-electron chi connectivity index (χ3n) is 5.04. The number of amides is 2. The Hall–Kier alpha value is -3.02. The largest absolute Gasteiger partial charge is 0.497 e. The van der Waals surface area contributed by atoms with E-state index in [4.69, 9.17) is 9.47 Å². The number of ether oxygens (including phenoxy) is 2. The third kappa shape index (κ3) is 5.99. The highest BCUT2D eigenvalue weighted by molar-refractivity contribution is 5.88. The van der Waals surface area contributed by atoms with Crippen molar-refractivity contribution < 1.29 is 19.1 Å². The zero-order chi connectivity index (χ0) is 22.1. The molecule has 162 valence electrons. The van der Waals surface area contributed by atoms with E-state index >= 15 is 0 Å². The Labute approximate surface area is 179 Å². The standard InChI is InChI=1S/C24H32N2O4/c1-6-21(24(28)25-4)26(15-18-11-13-19(29-5)14-12-18)23(27)16-30-22-10-8-7-9-20(22)17(2)3/h7-14,17,21H,6,15-16H2,1-5H3,(H,25,28)/t21-/m0/s1. The summed E-state index contributed by atoms with van der Waals surface area (Å²) in [5.74, 6) is 1.28. The summed E-state index contributed by atoms with van der Waals surface area (Å²) in [6, 6.07) is 14.6. The van der Waals surface area contributed by atoms with Crippen LogP contribution < -0.4 is 14.8 Å². The number of methoxy groups -OCH3 is 1. The molecule has 0 aromatic heterocycles. The zero-order valence-electron chi connectivity index (χ0n) is 18.5.